The van der Waals surface area contributed by atoms with Crippen molar-refractivity contribution in [1.82, 2.24) is 20.6 Å². The summed E-state index contributed by atoms with van der Waals surface area (Å²) in [5, 5.41) is 6.30. The van der Waals surface area contributed by atoms with E-state index in [0.717, 1.165) is 38.0 Å². The second-order valence-corrected chi connectivity index (χ2v) is 5.05. The van der Waals surface area contributed by atoms with Gasteiger partial charge in [-0.25, -0.2) is 4.98 Å². The number of methoxy groups -OCH3 is 1. The monoisotopic (exact) mass is 266 g/mol. The molecule has 1 aliphatic rings. The highest BCUT2D eigenvalue weighted by atomic mass is 16.5. The predicted octanol–water partition coefficient (Wildman–Crippen LogP) is 0.0846. The van der Waals surface area contributed by atoms with Crippen molar-refractivity contribution in [3.8, 4) is 0 Å². The van der Waals surface area contributed by atoms with Crippen LogP contribution in [0.4, 0.5) is 0 Å². The third-order valence-corrected chi connectivity index (χ3v) is 3.70. The minimum absolute atomic E-state index is 0.107. The van der Waals surface area contributed by atoms with Crippen molar-refractivity contribution in [2.75, 3.05) is 33.4 Å². The van der Waals surface area contributed by atoms with E-state index in [0.29, 0.717) is 13.2 Å². The lowest BCUT2D eigenvalue weighted by Crippen LogP contribution is -2.50. The number of carbonyl (C=O) groups excluding carboxylic acids is 1. The van der Waals surface area contributed by atoms with E-state index in [2.05, 4.69) is 20.6 Å². The van der Waals surface area contributed by atoms with E-state index in [9.17, 15) is 4.79 Å². The Labute approximate surface area is 113 Å². The third-order valence-electron chi connectivity index (χ3n) is 3.70. The van der Waals surface area contributed by atoms with Crippen molar-refractivity contribution in [1.29, 1.82) is 0 Å². The molecule has 1 aliphatic heterocycles. The number of H-pyrrole nitrogens is 1. The number of carbonyl (C=O) groups is 1. The van der Waals surface area contributed by atoms with Gasteiger partial charge in [-0.15, -0.1) is 0 Å². The highest BCUT2D eigenvalue weighted by Crippen LogP contribution is 2.29. The zero-order chi connectivity index (χ0) is 13.6. The first-order valence-electron chi connectivity index (χ1n) is 6.72. The Kier molecular flexibility index (Phi) is 4.93. The molecule has 1 saturated heterocycles. The fourth-order valence-corrected chi connectivity index (χ4v) is 2.54. The Balaban J connectivity index is 1.85. The first-order valence-corrected chi connectivity index (χ1v) is 6.72. The molecule has 6 nitrogen and oxygen atoms in total. The minimum atomic E-state index is -0.367. The van der Waals surface area contributed by atoms with E-state index in [1.807, 2.05) is 0 Å². The number of hydrogen-bond acceptors (Lipinski definition) is 4. The van der Waals surface area contributed by atoms with Gasteiger partial charge in [-0.2, -0.15) is 0 Å². The maximum absolute atomic E-state index is 12.4. The number of piperidine rings is 1. The molecule has 0 spiro atoms. The summed E-state index contributed by atoms with van der Waals surface area (Å²) in [7, 11) is 1.65. The molecule has 1 aromatic heterocycles. The van der Waals surface area contributed by atoms with Gasteiger partial charge in [0.1, 0.15) is 0 Å². The minimum Gasteiger partial charge on any atom is -0.384 e. The quantitative estimate of drug-likeness (QED) is 0.681. The zero-order valence-electron chi connectivity index (χ0n) is 11.4. The van der Waals surface area contributed by atoms with Crippen LogP contribution in [0.15, 0.2) is 12.5 Å². The SMILES string of the molecule is COCC1(C(=O)NCCc2cnc[nH]2)CCNCC1. The smallest absolute Gasteiger partial charge is 0.228 e. The molecule has 1 fully saturated rings. The van der Waals surface area contributed by atoms with Crippen molar-refractivity contribution in [3.63, 3.8) is 0 Å². The molecule has 2 heterocycles. The first-order chi connectivity index (χ1) is 9.27. The van der Waals surface area contributed by atoms with E-state index in [1.165, 1.54) is 0 Å². The highest BCUT2D eigenvalue weighted by Gasteiger charge is 2.39. The van der Waals surface area contributed by atoms with Crippen LogP contribution in [-0.2, 0) is 16.0 Å². The summed E-state index contributed by atoms with van der Waals surface area (Å²) >= 11 is 0. The number of ether oxygens (including phenoxy) is 1. The number of nitrogens with zero attached hydrogens (tertiary/aromatic N) is 1. The summed E-state index contributed by atoms with van der Waals surface area (Å²) in [5.41, 5.74) is 0.667. The van der Waals surface area contributed by atoms with Crippen molar-refractivity contribution in [3.05, 3.63) is 18.2 Å². The molecule has 6 heteroatoms. The number of rotatable bonds is 6. The number of imidazole rings is 1. The van der Waals surface area contributed by atoms with Gasteiger partial charge in [-0.1, -0.05) is 0 Å². The van der Waals surface area contributed by atoms with Gasteiger partial charge in [0, 0.05) is 32.0 Å². The highest BCUT2D eigenvalue weighted by molar-refractivity contribution is 5.83. The van der Waals surface area contributed by atoms with E-state index in [4.69, 9.17) is 4.74 Å². The topological polar surface area (TPSA) is 79.0 Å². The second-order valence-electron chi connectivity index (χ2n) is 5.05. The fourth-order valence-electron chi connectivity index (χ4n) is 2.54. The van der Waals surface area contributed by atoms with Crippen LogP contribution >= 0.6 is 0 Å². The number of aromatic nitrogens is 2. The summed E-state index contributed by atoms with van der Waals surface area (Å²) in [6.07, 6.45) is 5.86. The molecule has 1 aromatic rings. The fraction of sp³-hybridized carbons (Fsp3) is 0.692. The lowest BCUT2D eigenvalue weighted by atomic mass is 9.78. The van der Waals surface area contributed by atoms with Crippen LogP contribution in [0, 0.1) is 5.41 Å². The van der Waals surface area contributed by atoms with Crippen molar-refractivity contribution in [2.45, 2.75) is 19.3 Å². The van der Waals surface area contributed by atoms with E-state index >= 15 is 0 Å². The molecule has 3 N–H and O–H groups in total. The predicted molar refractivity (Wildman–Crippen MR) is 71.7 cm³/mol. The normalized spacial score (nSPS) is 18.2. The number of nitrogens with one attached hydrogen (secondary N) is 3. The molecule has 0 unspecified atom stereocenters. The van der Waals surface area contributed by atoms with Crippen LogP contribution in [0.5, 0.6) is 0 Å². The summed E-state index contributed by atoms with van der Waals surface area (Å²) in [4.78, 5) is 19.4. The van der Waals surface area contributed by atoms with Gasteiger partial charge in [0.25, 0.3) is 0 Å². The summed E-state index contributed by atoms with van der Waals surface area (Å²) < 4.78 is 5.25. The molecule has 0 aromatic carbocycles. The standard InChI is InChI=1S/C13H22N4O2/c1-19-9-13(3-6-14-7-4-13)12(18)16-5-2-11-8-15-10-17-11/h8,10,14H,2-7,9H2,1H3,(H,15,17)(H,16,18). The molecule has 19 heavy (non-hydrogen) atoms. The third kappa shape index (κ3) is 3.54. The summed E-state index contributed by atoms with van der Waals surface area (Å²) in [6.45, 7) is 2.86. The Morgan fingerprint density at radius 1 is 1.53 bits per heavy atom. The van der Waals surface area contributed by atoms with Crippen LogP contribution < -0.4 is 10.6 Å². The zero-order valence-corrected chi connectivity index (χ0v) is 11.4. The average Bonchev–Trinajstić information content (AvgIpc) is 2.93. The van der Waals surface area contributed by atoms with Crippen molar-refractivity contribution >= 4 is 5.91 Å². The van der Waals surface area contributed by atoms with Gasteiger partial charge >= 0.3 is 0 Å². The second kappa shape index (κ2) is 6.68. The van der Waals surface area contributed by atoms with Gasteiger partial charge in [0.2, 0.25) is 5.91 Å². The van der Waals surface area contributed by atoms with Gasteiger partial charge in [0.05, 0.1) is 18.3 Å². The Morgan fingerprint density at radius 2 is 2.32 bits per heavy atom. The Morgan fingerprint density at radius 3 is 2.95 bits per heavy atom. The van der Waals surface area contributed by atoms with Crippen LogP contribution in [0.3, 0.4) is 0 Å². The number of aromatic amines is 1. The summed E-state index contributed by atoms with van der Waals surface area (Å²) in [6, 6.07) is 0. The lowest BCUT2D eigenvalue weighted by molar-refractivity contribution is -0.136. The summed E-state index contributed by atoms with van der Waals surface area (Å²) in [5.74, 6) is 0.107. The number of amides is 1. The van der Waals surface area contributed by atoms with Crippen molar-refractivity contribution in [2.24, 2.45) is 5.41 Å². The molecule has 0 aliphatic carbocycles. The molecule has 0 radical (unpaired) electrons. The Bertz CT molecular complexity index is 380. The maximum atomic E-state index is 12.4. The first kappa shape index (κ1) is 14.0. The maximum Gasteiger partial charge on any atom is 0.228 e. The van der Waals surface area contributed by atoms with Gasteiger partial charge in [0.15, 0.2) is 0 Å². The van der Waals surface area contributed by atoms with Crippen LogP contribution in [0.25, 0.3) is 0 Å². The van der Waals surface area contributed by atoms with Gasteiger partial charge in [-0.05, 0) is 25.9 Å². The Hall–Kier alpha value is -1.40. The molecule has 2 rings (SSSR count). The van der Waals surface area contributed by atoms with Gasteiger partial charge in [-0.3, -0.25) is 4.79 Å². The largest absolute Gasteiger partial charge is 0.384 e. The van der Waals surface area contributed by atoms with Gasteiger partial charge < -0.3 is 20.4 Å². The van der Waals surface area contributed by atoms with Crippen LogP contribution in [0.2, 0.25) is 0 Å². The van der Waals surface area contributed by atoms with Crippen LogP contribution in [-0.4, -0.2) is 49.2 Å². The molecular formula is C13H22N4O2. The average molecular weight is 266 g/mol. The molecule has 0 atom stereocenters. The molecule has 0 saturated carbocycles. The molecule has 0 bridgehead atoms. The molecular weight excluding hydrogens is 244 g/mol. The van der Waals surface area contributed by atoms with E-state index < -0.39 is 0 Å². The van der Waals surface area contributed by atoms with E-state index in [-0.39, 0.29) is 11.3 Å². The van der Waals surface area contributed by atoms with Crippen LogP contribution in [0.1, 0.15) is 18.5 Å². The molecule has 1 amide bonds. The number of hydrogen-bond donors (Lipinski definition) is 3. The van der Waals surface area contributed by atoms with Crippen molar-refractivity contribution < 1.29 is 9.53 Å². The lowest BCUT2D eigenvalue weighted by Gasteiger charge is -2.35. The molecule has 106 valence electrons. The van der Waals surface area contributed by atoms with E-state index in [1.54, 1.807) is 19.6 Å².